The first-order chi connectivity index (χ1) is 13.3. The Morgan fingerprint density at radius 3 is 2.11 bits per heavy atom. The second-order valence-corrected chi connectivity index (χ2v) is 7.69. The molecule has 0 amide bonds. The molecule has 1 nitrogen and oxygen atoms in total. The minimum atomic E-state index is -0.200. The fourth-order valence-corrected chi connectivity index (χ4v) is 3.94. The highest BCUT2D eigenvalue weighted by atomic mass is 32.2. The average molecular weight is 394 g/mol. The summed E-state index contributed by atoms with van der Waals surface area (Å²) in [7, 11) is 0. The molecule has 0 aromatic heterocycles. The zero-order valence-electron chi connectivity index (χ0n) is 14.8. The molecule has 0 saturated carbocycles. The van der Waals surface area contributed by atoms with Crippen LogP contribution in [-0.4, -0.2) is 5.04 Å². The minimum Gasteiger partial charge on any atom is -0.242 e. The van der Waals surface area contributed by atoms with E-state index in [2.05, 4.69) is 35.7 Å². The highest BCUT2D eigenvalue weighted by Gasteiger charge is 2.00. The lowest BCUT2D eigenvalue weighted by Gasteiger charge is -2.03. The molecular formula is C23H20FNS2. The van der Waals surface area contributed by atoms with E-state index < -0.39 is 0 Å². The van der Waals surface area contributed by atoms with Crippen molar-refractivity contribution in [1.82, 2.24) is 0 Å². The van der Waals surface area contributed by atoms with Crippen LogP contribution in [0.5, 0.6) is 0 Å². The lowest BCUT2D eigenvalue weighted by Crippen LogP contribution is -1.89. The first-order valence-corrected chi connectivity index (χ1v) is 10.7. The van der Waals surface area contributed by atoms with E-state index in [0.717, 1.165) is 27.8 Å². The second kappa shape index (κ2) is 10.8. The third-order valence-corrected chi connectivity index (χ3v) is 5.52. The van der Waals surface area contributed by atoms with E-state index in [1.807, 2.05) is 48.5 Å². The van der Waals surface area contributed by atoms with Crippen LogP contribution in [-0.2, 0) is 11.5 Å². The Kier molecular flexibility index (Phi) is 7.75. The molecule has 0 unspecified atom stereocenters. The fourth-order valence-electron chi connectivity index (χ4n) is 2.31. The topological polar surface area (TPSA) is 12.4 Å². The van der Waals surface area contributed by atoms with Crippen LogP contribution in [0.15, 0.2) is 101 Å². The van der Waals surface area contributed by atoms with Crippen molar-refractivity contribution >= 4 is 34.3 Å². The predicted molar refractivity (Wildman–Crippen MR) is 118 cm³/mol. The summed E-state index contributed by atoms with van der Waals surface area (Å²) < 4.78 is 13.0. The Balaban J connectivity index is 1.63. The Hall–Kier alpha value is -2.30. The van der Waals surface area contributed by atoms with Gasteiger partial charge in [0.1, 0.15) is 5.82 Å². The molecule has 0 radical (unpaired) electrons. The van der Waals surface area contributed by atoms with Crippen LogP contribution in [0, 0.1) is 5.82 Å². The zero-order chi connectivity index (χ0) is 18.7. The maximum absolute atomic E-state index is 13.0. The summed E-state index contributed by atoms with van der Waals surface area (Å²) in [5.74, 6) is 1.48. The number of aliphatic imine (C=N–C) groups is 1. The van der Waals surface area contributed by atoms with Crippen molar-refractivity contribution in [2.45, 2.75) is 11.5 Å². The van der Waals surface area contributed by atoms with Gasteiger partial charge in [0.15, 0.2) is 0 Å². The van der Waals surface area contributed by atoms with Gasteiger partial charge < -0.3 is 0 Å². The second-order valence-electron chi connectivity index (χ2n) is 5.80. The molecule has 0 saturated heterocycles. The van der Waals surface area contributed by atoms with Gasteiger partial charge in [-0.25, -0.2) is 9.38 Å². The molecule has 0 heterocycles. The highest BCUT2D eigenvalue weighted by Crippen LogP contribution is 2.21. The van der Waals surface area contributed by atoms with Crippen LogP contribution in [0.2, 0.25) is 0 Å². The van der Waals surface area contributed by atoms with E-state index in [1.165, 1.54) is 17.7 Å². The van der Waals surface area contributed by atoms with Gasteiger partial charge in [0.2, 0.25) is 0 Å². The van der Waals surface area contributed by atoms with Gasteiger partial charge in [-0.1, -0.05) is 60.7 Å². The summed E-state index contributed by atoms with van der Waals surface area (Å²) in [5.41, 5.74) is 3.32. The van der Waals surface area contributed by atoms with Gasteiger partial charge in [0.05, 0.1) is 10.7 Å². The van der Waals surface area contributed by atoms with E-state index in [4.69, 9.17) is 4.99 Å². The maximum atomic E-state index is 13.0. The third-order valence-electron chi connectivity index (χ3n) is 3.70. The molecule has 0 atom stereocenters. The summed E-state index contributed by atoms with van der Waals surface area (Å²) >= 11 is 3.39. The molecule has 4 heteroatoms. The molecule has 0 aliphatic rings. The van der Waals surface area contributed by atoms with E-state index in [0.29, 0.717) is 0 Å². The summed E-state index contributed by atoms with van der Waals surface area (Å²) in [6.45, 7) is 0. The monoisotopic (exact) mass is 393 g/mol. The Morgan fingerprint density at radius 1 is 0.778 bits per heavy atom. The predicted octanol–water partition coefficient (Wildman–Crippen LogP) is 7.24. The first kappa shape index (κ1) is 19.5. The molecule has 0 aliphatic heterocycles. The van der Waals surface area contributed by atoms with Crippen molar-refractivity contribution in [3.63, 3.8) is 0 Å². The lowest BCUT2D eigenvalue weighted by atomic mass is 10.2. The number of rotatable bonds is 7. The average Bonchev–Trinajstić information content (AvgIpc) is 2.72. The minimum absolute atomic E-state index is 0.200. The maximum Gasteiger partial charge on any atom is 0.123 e. The lowest BCUT2D eigenvalue weighted by molar-refractivity contribution is 0.627. The number of halogens is 1. The normalized spacial score (nSPS) is 11.8. The Bertz CT molecular complexity index is 875. The fraction of sp³-hybridized carbons (Fsp3) is 0.0870. The largest absolute Gasteiger partial charge is 0.242 e. The Morgan fingerprint density at radius 2 is 1.41 bits per heavy atom. The molecule has 27 heavy (non-hydrogen) atoms. The molecular weight excluding hydrogens is 373 g/mol. The van der Waals surface area contributed by atoms with Crippen LogP contribution >= 0.6 is 23.5 Å². The van der Waals surface area contributed by atoms with E-state index in [9.17, 15) is 4.39 Å². The zero-order valence-corrected chi connectivity index (χ0v) is 16.4. The van der Waals surface area contributed by atoms with Crippen LogP contribution in [0.1, 0.15) is 11.1 Å². The van der Waals surface area contributed by atoms with E-state index in [-0.39, 0.29) is 5.82 Å². The summed E-state index contributed by atoms with van der Waals surface area (Å²) in [5, 5.41) is 3.03. The van der Waals surface area contributed by atoms with Gasteiger partial charge in [0, 0.05) is 11.5 Å². The smallest absolute Gasteiger partial charge is 0.123 e. The van der Waals surface area contributed by atoms with Crippen LogP contribution in [0.3, 0.4) is 0 Å². The number of thioether (sulfide) groups is 2. The quantitative estimate of drug-likeness (QED) is 0.310. The first-order valence-electron chi connectivity index (χ1n) is 8.63. The summed E-state index contributed by atoms with van der Waals surface area (Å²) in [6, 6.07) is 27.0. The van der Waals surface area contributed by atoms with Crippen LogP contribution in [0.4, 0.5) is 10.1 Å². The van der Waals surface area contributed by atoms with Crippen molar-refractivity contribution in [3.05, 3.63) is 113 Å². The van der Waals surface area contributed by atoms with Gasteiger partial charge in [-0.05, 0) is 46.9 Å². The molecule has 3 aromatic rings. The van der Waals surface area contributed by atoms with Gasteiger partial charge in [0.25, 0.3) is 0 Å². The van der Waals surface area contributed by atoms with Gasteiger partial charge in [-0.3, -0.25) is 0 Å². The van der Waals surface area contributed by atoms with Gasteiger partial charge >= 0.3 is 0 Å². The number of nitrogens with zero attached hydrogens (tertiary/aromatic N) is 1. The third kappa shape index (κ3) is 7.08. The standard InChI is InChI=1S/C23H20FNS2/c24-21-13-11-20(12-14-21)17-26-16-15-23(25-22-9-5-2-6-10-22)27-18-19-7-3-1-4-8-19/h1-16H,17-18H2. The molecule has 0 fully saturated rings. The number of hydrogen-bond acceptors (Lipinski definition) is 3. The number of para-hydroxylation sites is 1. The van der Waals surface area contributed by atoms with Crippen molar-refractivity contribution in [2.24, 2.45) is 4.99 Å². The van der Waals surface area contributed by atoms with Gasteiger partial charge in [-0.2, -0.15) is 0 Å². The SMILES string of the molecule is Fc1ccc(CSC=CC(=Nc2ccccc2)SCc2ccccc2)cc1. The molecule has 0 spiro atoms. The summed E-state index contributed by atoms with van der Waals surface area (Å²) in [6.07, 6.45) is 2.05. The van der Waals surface area contributed by atoms with E-state index in [1.54, 1.807) is 23.5 Å². The molecule has 136 valence electrons. The number of benzene rings is 3. The molecule has 3 aromatic carbocycles. The molecule has 0 N–H and O–H groups in total. The van der Waals surface area contributed by atoms with Crippen LogP contribution in [0.25, 0.3) is 0 Å². The van der Waals surface area contributed by atoms with Gasteiger partial charge in [-0.15, -0.1) is 23.5 Å². The number of hydrogen-bond donors (Lipinski definition) is 0. The van der Waals surface area contributed by atoms with Crippen molar-refractivity contribution < 1.29 is 4.39 Å². The summed E-state index contributed by atoms with van der Waals surface area (Å²) in [4.78, 5) is 4.76. The molecule has 0 aliphatic carbocycles. The highest BCUT2D eigenvalue weighted by molar-refractivity contribution is 8.13. The van der Waals surface area contributed by atoms with Crippen molar-refractivity contribution in [2.75, 3.05) is 0 Å². The molecule has 3 rings (SSSR count). The van der Waals surface area contributed by atoms with Crippen molar-refractivity contribution in [1.29, 1.82) is 0 Å². The molecule has 0 bridgehead atoms. The van der Waals surface area contributed by atoms with E-state index >= 15 is 0 Å². The van der Waals surface area contributed by atoms with Crippen molar-refractivity contribution in [3.8, 4) is 0 Å². The Labute approximate surface area is 168 Å². The van der Waals surface area contributed by atoms with Crippen LogP contribution < -0.4 is 0 Å².